The summed E-state index contributed by atoms with van der Waals surface area (Å²) in [5.74, 6) is 1.62. The van der Waals surface area contributed by atoms with Gasteiger partial charge >= 0.3 is 0 Å². The van der Waals surface area contributed by atoms with Crippen LogP contribution in [-0.4, -0.2) is 75.2 Å². The lowest BCUT2D eigenvalue weighted by Crippen LogP contribution is -2.50. The van der Waals surface area contributed by atoms with Crippen LogP contribution in [0.25, 0.3) is 0 Å². The van der Waals surface area contributed by atoms with Crippen molar-refractivity contribution in [3.63, 3.8) is 0 Å². The Hall–Kier alpha value is -2.02. The third-order valence-corrected chi connectivity index (χ3v) is 6.87. The zero-order valence-electron chi connectivity index (χ0n) is 17.8. The first-order chi connectivity index (χ1) is 14.0. The monoisotopic (exact) mass is 399 g/mol. The first-order valence-corrected chi connectivity index (χ1v) is 11.2. The minimum Gasteiger partial charge on any atom is -0.341 e. The highest BCUT2D eigenvalue weighted by atomic mass is 16.2. The maximum atomic E-state index is 12.9. The second-order valence-electron chi connectivity index (χ2n) is 8.76. The van der Waals surface area contributed by atoms with Crippen molar-refractivity contribution in [1.82, 2.24) is 24.7 Å². The summed E-state index contributed by atoms with van der Waals surface area (Å²) in [6, 6.07) is -0.00364. The third-order valence-electron chi connectivity index (χ3n) is 6.87. The van der Waals surface area contributed by atoms with E-state index in [0.717, 1.165) is 69.1 Å². The predicted molar refractivity (Wildman–Crippen MR) is 110 cm³/mol. The number of nitrogens with zero attached hydrogens (tertiary/aromatic N) is 5. The number of piperidine rings is 2. The fourth-order valence-electron chi connectivity index (χ4n) is 4.88. The van der Waals surface area contributed by atoms with Crippen LogP contribution < -0.4 is 0 Å². The molecule has 1 aromatic rings. The van der Waals surface area contributed by atoms with Gasteiger partial charge < -0.3 is 9.80 Å². The Morgan fingerprint density at radius 3 is 2.45 bits per heavy atom. The van der Waals surface area contributed by atoms with Crippen LogP contribution in [0, 0.1) is 0 Å². The van der Waals surface area contributed by atoms with E-state index in [1.54, 1.807) is 6.92 Å². The van der Waals surface area contributed by atoms with E-state index >= 15 is 0 Å². The summed E-state index contributed by atoms with van der Waals surface area (Å²) in [6.07, 6.45) is 8.26. The van der Waals surface area contributed by atoms with E-state index in [4.69, 9.17) is 4.98 Å². The molecule has 0 radical (unpaired) electrons. The van der Waals surface area contributed by atoms with E-state index in [-0.39, 0.29) is 17.9 Å². The fourth-order valence-corrected chi connectivity index (χ4v) is 4.88. The van der Waals surface area contributed by atoms with Gasteiger partial charge in [0.15, 0.2) is 0 Å². The van der Waals surface area contributed by atoms with Crippen LogP contribution in [-0.2, 0) is 22.6 Å². The molecule has 3 aliphatic heterocycles. The first kappa shape index (κ1) is 20.3. The van der Waals surface area contributed by atoms with Gasteiger partial charge in [-0.2, -0.15) is 0 Å². The molecule has 29 heavy (non-hydrogen) atoms. The maximum Gasteiger partial charge on any atom is 0.239 e. The summed E-state index contributed by atoms with van der Waals surface area (Å²) in [7, 11) is 0. The SMILES string of the molecule is CC(=O)N1CCc2nc(C3CCN(C(=O)[C@@H](C)N4CCCCC4)CC3)ncc2C1. The zero-order chi connectivity index (χ0) is 20.4. The summed E-state index contributed by atoms with van der Waals surface area (Å²) >= 11 is 0. The van der Waals surface area contributed by atoms with Crippen LogP contribution in [0.2, 0.25) is 0 Å². The third kappa shape index (κ3) is 4.44. The van der Waals surface area contributed by atoms with E-state index in [0.29, 0.717) is 12.5 Å². The van der Waals surface area contributed by atoms with Crippen LogP contribution in [0.5, 0.6) is 0 Å². The molecule has 0 spiro atoms. The lowest BCUT2D eigenvalue weighted by molar-refractivity contribution is -0.138. The molecule has 1 aromatic heterocycles. The topological polar surface area (TPSA) is 69.6 Å². The Bertz CT molecular complexity index is 754. The van der Waals surface area contributed by atoms with E-state index in [1.807, 2.05) is 16.0 Å². The standard InChI is InChI=1S/C22H33N5O2/c1-16(25-9-4-3-5-10-25)22(29)26-11-6-18(7-12-26)21-23-14-19-15-27(17(2)28)13-8-20(19)24-21/h14,16,18H,3-13,15H2,1-2H3/t16-/m1/s1. The zero-order valence-corrected chi connectivity index (χ0v) is 17.8. The maximum absolute atomic E-state index is 12.9. The summed E-state index contributed by atoms with van der Waals surface area (Å²) in [4.78, 5) is 40.3. The normalized spacial score (nSPS) is 22.3. The molecule has 0 saturated carbocycles. The molecule has 0 bridgehead atoms. The number of rotatable bonds is 3. The number of hydrogen-bond acceptors (Lipinski definition) is 5. The molecule has 7 heteroatoms. The van der Waals surface area contributed by atoms with Crippen molar-refractivity contribution in [3.05, 3.63) is 23.3 Å². The Labute approximate surface area is 173 Å². The largest absolute Gasteiger partial charge is 0.341 e. The van der Waals surface area contributed by atoms with Crippen molar-refractivity contribution in [1.29, 1.82) is 0 Å². The highest BCUT2D eigenvalue weighted by Crippen LogP contribution is 2.28. The second-order valence-corrected chi connectivity index (χ2v) is 8.76. The molecule has 0 aliphatic carbocycles. The van der Waals surface area contributed by atoms with Gasteiger partial charge in [-0.05, 0) is 45.7 Å². The summed E-state index contributed by atoms with van der Waals surface area (Å²) in [5.41, 5.74) is 2.16. The Morgan fingerprint density at radius 1 is 1.03 bits per heavy atom. The van der Waals surface area contributed by atoms with Gasteiger partial charge in [0, 0.05) is 57.2 Å². The molecule has 7 nitrogen and oxygen atoms in total. The molecule has 158 valence electrons. The molecule has 0 aromatic carbocycles. The summed E-state index contributed by atoms with van der Waals surface area (Å²) < 4.78 is 0. The molecule has 2 saturated heterocycles. The van der Waals surface area contributed by atoms with E-state index in [9.17, 15) is 9.59 Å². The Balaban J connectivity index is 1.34. The number of amides is 2. The van der Waals surface area contributed by atoms with Gasteiger partial charge in [-0.25, -0.2) is 9.97 Å². The summed E-state index contributed by atoms with van der Waals surface area (Å²) in [6.45, 7) is 8.71. The number of likely N-dealkylation sites (tertiary alicyclic amines) is 2. The Morgan fingerprint density at radius 2 is 1.76 bits per heavy atom. The molecule has 3 aliphatic rings. The number of carbonyl (C=O) groups is 2. The van der Waals surface area contributed by atoms with Crippen molar-refractivity contribution in [3.8, 4) is 0 Å². The number of aromatic nitrogens is 2. The molecule has 4 heterocycles. The molecular weight excluding hydrogens is 366 g/mol. The molecule has 4 rings (SSSR count). The smallest absolute Gasteiger partial charge is 0.239 e. The van der Waals surface area contributed by atoms with Crippen LogP contribution >= 0.6 is 0 Å². The number of hydrogen-bond donors (Lipinski definition) is 0. The van der Waals surface area contributed by atoms with Crippen LogP contribution in [0.1, 0.15) is 69.0 Å². The quantitative estimate of drug-likeness (QED) is 0.777. The minimum atomic E-state index is -0.00364. The number of fused-ring (bicyclic) bond motifs is 1. The Kier molecular flexibility index (Phi) is 6.13. The minimum absolute atomic E-state index is 0.00364. The van der Waals surface area contributed by atoms with E-state index < -0.39 is 0 Å². The summed E-state index contributed by atoms with van der Waals surface area (Å²) in [5, 5.41) is 0. The van der Waals surface area contributed by atoms with Gasteiger partial charge in [-0.15, -0.1) is 0 Å². The van der Waals surface area contributed by atoms with E-state index in [1.165, 1.54) is 19.3 Å². The van der Waals surface area contributed by atoms with Gasteiger partial charge in [0.1, 0.15) is 5.82 Å². The highest BCUT2D eigenvalue weighted by Gasteiger charge is 2.31. The average Bonchev–Trinajstić information content (AvgIpc) is 2.78. The van der Waals surface area contributed by atoms with Gasteiger partial charge in [0.25, 0.3) is 0 Å². The van der Waals surface area contributed by atoms with Crippen LogP contribution in [0.4, 0.5) is 0 Å². The molecule has 1 atom stereocenters. The number of carbonyl (C=O) groups excluding carboxylic acids is 2. The lowest BCUT2D eigenvalue weighted by atomic mass is 9.94. The van der Waals surface area contributed by atoms with Gasteiger partial charge in [0.2, 0.25) is 11.8 Å². The predicted octanol–water partition coefficient (Wildman–Crippen LogP) is 1.96. The molecule has 0 N–H and O–H groups in total. The van der Waals surface area contributed by atoms with Crippen molar-refractivity contribution >= 4 is 11.8 Å². The first-order valence-electron chi connectivity index (χ1n) is 11.2. The van der Waals surface area contributed by atoms with Gasteiger partial charge in [0.05, 0.1) is 11.7 Å². The highest BCUT2D eigenvalue weighted by molar-refractivity contribution is 5.81. The molecular formula is C22H33N5O2. The molecule has 0 unspecified atom stereocenters. The van der Waals surface area contributed by atoms with Gasteiger partial charge in [-0.3, -0.25) is 14.5 Å². The molecule has 2 fully saturated rings. The molecule has 2 amide bonds. The van der Waals surface area contributed by atoms with Crippen molar-refractivity contribution < 1.29 is 9.59 Å². The average molecular weight is 400 g/mol. The van der Waals surface area contributed by atoms with Crippen molar-refractivity contribution in [2.75, 3.05) is 32.7 Å². The van der Waals surface area contributed by atoms with Gasteiger partial charge in [-0.1, -0.05) is 6.42 Å². The van der Waals surface area contributed by atoms with Crippen LogP contribution in [0.3, 0.4) is 0 Å². The fraction of sp³-hybridized carbons (Fsp3) is 0.727. The van der Waals surface area contributed by atoms with Crippen molar-refractivity contribution in [2.45, 2.75) is 70.9 Å². The lowest BCUT2D eigenvalue weighted by Gasteiger charge is -2.37. The van der Waals surface area contributed by atoms with E-state index in [2.05, 4.69) is 16.8 Å². The van der Waals surface area contributed by atoms with Crippen molar-refractivity contribution in [2.24, 2.45) is 0 Å². The second kappa shape index (κ2) is 8.78. The van der Waals surface area contributed by atoms with Crippen LogP contribution in [0.15, 0.2) is 6.20 Å².